The van der Waals surface area contributed by atoms with E-state index in [1.165, 1.54) is 22.4 Å². The molecule has 3 heteroatoms. The SMILES string of the molecule is Cc1cccc2c1Oc1c(C)cncc1N2c1c(C)cc(C(C)(C)C)cc1C. The number of fused-ring (bicyclic) bond motifs is 2. The summed E-state index contributed by atoms with van der Waals surface area (Å²) in [6.07, 6.45) is 3.77. The molecule has 0 spiro atoms. The van der Waals surface area contributed by atoms with Crippen molar-refractivity contribution in [3.05, 3.63) is 70.5 Å². The zero-order valence-electron chi connectivity index (χ0n) is 17.8. The molecule has 0 aliphatic carbocycles. The predicted octanol–water partition coefficient (Wildman–Crippen LogP) is 7.19. The molecular weight excluding hydrogens is 344 g/mol. The smallest absolute Gasteiger partial charge is 0.157 e. The fourth-order valence-electron chi connectivity index (χ4n) is 3.99. The molecule has 1 aliphatic rings. The molecule has 0 amide bonds. The molecule has 0 bridgehead atoms. The van der Waals surface area contributed by atoms with Crippen LogP contribution >= 0.6 is 0 Å². The van der Waals surface area contributed by atoms with E-state index >= 15 is 0 Å². The molecule has 1 aromatic heterocycles. The van der Waals surface area contributed by atoms with Gasteiger partial charge in [0, 0.05) is 11.8 Å². The number of pyridine rings is 1. The van der Waals surface area contributed by atoms with Gasteiger partial charge < -0.3 is 9.64 Å². The van der Waals surface area contributed by atoms with E-state index in [1.54, 1.807) is 0 Å². The Hall–Kier alpha value is -2.81. The van der Waals surface area contributed by atoms with Gasteiger partial charge in [-0.15, -0.1) is 0 Å². The van der Waals surface area contributed by atoms with Crippen LogP contribution in [-0.4, -0.2) is 4.98 Å². The zero-order chi connectivity index (χ0) is 20.2. The summed E-state index contributed by atoms with van der Waals surface area (Å²) in [4.78, 5) is 6.78. The van der Waals surface area contributed by atoms with E-state index in [2.05, 4.69) is 88.7 Å². The average Bonchev–Trinajstić information content (AvgIpc) is 2.61. The first-order valence-corrected chi connectivity index (χ1v) is 9.82. The molecule has 28 heavy (non-hydrogen) atoms. The van der Waals surface area contributed by atoms with Crippen LogP contribution in [0.3, 0.4) is 0 Å². The molecule has 144 valence electrons. The average molecular weight is 373 g/mol. The van der Waals surface area contributed by atoms with Gasteiger partial charge in [-0.2, -0.15) is 0 Å². The standard InChI is InChI=1S/C25H28N2O/c1-15-9-8-10-20-23(15)28-24-18(4)13-26-14-21(24)27(20)22-16(2)11-19(12-17(22)3)25(5,6)7/h8-14H,1-7H3. The van der Waals surface area contributed by atoms with Crippen LogP contribution in [0.15, 0.2) is 42.7 Å². The van der Waals surface area contributed by atoms with Gasteiger partial charge in [0.15, 0.2) is 11.5 Å². The molecule has 0 atom stereocenters. The van der Waals surface area contributed by atoms with E-state index in [9.17, 15) is 0 Å². The van der Waals surface area contributed by atoms with Gasteiger partial charge in [-0.3, -0.25) is 4.98 Å². The number of nitrogens with zero attached hydrogens (tertiary/aromatic N) is 2. The molecule has 0 saturated heterocycles. The maximum Gasteiger partial charge on any atom is 0.157 e. The van der Waals surface area contributed by atoms with Gasteiger partial charge in [0.2, 0.25) is 0 Å². The molecule has 0 N–H and O–H groups in total. The van der Waals surface area contributed by atoms with Crippen LogP contribution in [0.1, 0.15) is 48.6 Å². The van der Waals surface area contributed by atoms with Crippen molar-refractivity contribution in [2.75, 3.05) is 4.90 Å². The van der Waals surface area contributed by atoms with Crippen molar-refractivity contribution < 1.29 is 4.74 Å². The fraction of sp³-hybridized carbons (Fsp3) is 0.320. The molecule has 2 heterocycles. The Morgan fingerprint density at radius 3 is 2.07 bits per heavy atom. The van der Waals surface area contributed by atoms with E-state index < -0.39 is 0 Å². The monoisotopic (exact) mass is 372 g/mol. The van der Waals surface area contributed by atoms with Gasteiger partial charge in [-0.05, 0) is 61.4 Å². The second kappa shape index (κ2) is 6.37. The number of ether oxygens (including phenoxy) is 1. The highest BCUT2D eigenvalue weighted by Gasteiger charge is 2.30. The third-order valence-electron chi connectivity index (χ3n) is 5.51. The highest BCUT2D eigenvalue weighted by atomic mass is 16.5. The number of aryl methyl sites for hydroxylation is 4. The first-order valence-electron chi connectivity index (χ1n) is 9.82. The Bertz CT molecular complexity index is 1000. The molecule has 2 aromatic carbocycles. The third kappa shape index (κ3) is 2.86. The number of hydrogen-bond acceptors (Lipinski definition) is 3. The van der Waals surface area contributed by atoms with Crippen molar-refractivity contribution in [1.82, 2.24) is 4.98 Å². The van der Waals surface area contributed by atoms with Crippen LogP contribution in [0, 0.1) is 27.7 Å². The van der Waals surface area contributed by atoms with Crippen molar-refractivity contribution in [3.63, 3.8) is 0 Å². The van der Waals surface area contributed by atoms with Crippen molar-refractivity contribution in [2.45, 2.75) is 53.9 Å². The minimum Gasteiger partial charge on any atom is -0.452 e. The molecule has 3 nitrogen and oxygen atoms in total. The van der Waals surface area contributed by atoms with Crippen LogP contribution in [0.2, 0.25) is 0 Å². The van der Waals surface area contributed by atoms with E-state index in [0.717, 1.165) is 34.0 Å². The molecular formula is C25H28N2O. The van der Waals surface area contributed by atoms with Gasteiger partial charge in [-0.1, -0.05) is 45.0 Å². The summed E-state index contributed by atoms with van der Waals surface area (Å²) >= 11 is 0. The molecule has 0 saturated carbocycles. The van der Waals surface area contributed by atoms with Crippen LogP contribution < -0.4 is 9.64 Å². The number of rotatable bonds is 1. The third-order valence-corrected chi connectivity index (χ3v) is 5.51. The number of anilines is 3. The van der Waals surface area contributed by atoms with Crippen LogP contribution in [0.4, 0.5) is 17.1 Å². The van der Waals surface area contributed by atoms with Crippen LogP contribution in [0.5, 0.6) is 11.5 Å². The van der Waals surface area contributed by atoms with E-state index in [4.69, 9.17) is 4.74 Å². The highest BCUT2D eigenvalue weighted by molar-refractivity contribution is 5.89. The summed E-state index contributed by atoms with van der Waals surface area (Å²) in [5.41, 5.74) is 9.41. The molecule has 0 radical (unpaired) electrons. The lowest BCUT2D eigenvalue weighted by molar-refractivity contribution is 0.468. The minimum atomic E-state index is 0.115. The predicted molar refractivity (Wildman–Crippen MR) is 117 cm³/mol. The van der Waals surface area contributed by atoms with E-state index in [1.807, 2.05) is 12.4 Å². The first kappa shape index (κ1) is 18.5. The molecule has 0 unspecified atom stereocenters. The van der Waals surface area contributed by atoms with Crippen molar-refractivity contribution >= 4 is 17.1 Å². The number of aromatic nitrogens is 1. The maximum atomic E-state index is 6.37. The number of hydrogen-bond donors (Lipinski definition) is 0. The van der Waals surface area contributed by atoms with Gasteiger partial charge in [0.25, 0.3) is 0 Å². The van der Waals surface area contributed by atoms with Crippen molar-refractivity contribution in [3.8, 4) is 11.5 Å². The van der Waals surface area contributed by atoms with Crippen molar-refractivity contribution in [1.29, 1.82) is 0 Å². The Morgan fingerprint density at radius 2 is 1.43 bits per heavy atom. The molecule has 1 aliphatic heterocycles. The normalized spacial score (nSPS) is 13.0. The summed E-state index contributed by atoms with van der Waals surface area (Å²) in [5, 5.41) is 0. The lowest BCUT2D eigenvalue weighted by atomic mass is 9.84. The van der Waals surface area contributed by atoms with Crippen LogP contribution in [-0.2, 0) is 5.41 Å². The van der Waals surface area contributed by atoms with E-state index in [-0.39, 0.29) is 5.41 Å². The quantitative estimate of drug-likeness (QED) is 0.353. The summed E-state index contributed by atoms with van der Waals surface area (Å²) in [6, 6.07) is 10.9. The zero-order valence-corrected chi connectivity index (χ0v) is 17.8. The van der Waals surface area contributed by atoms with Gasteiger partial charge >= 0.3 is 0 Å². The first-order chi connectivity index (χ1) is 13.2. The summed E-state index contributed by atoms with van der Waals surface area (Å²) in [7, 11) is 0. The van der Waals surface area contributed by atoms with Crippen molar-refractivity contribution in [2.24, 2.45) is 0 Å². The van der Waals surface area contributed by atoms with Crippen LogP contribution in [0.25, 0.3) is 0 Å². The molecule has 3 aromatic rings. The maximum absolute atomic E-state index is 6.37. The lowest BCUT2D eigenvalue weighted by Crippen LogP contribution is -2.20. The van der Waals surface area contributed by atoms with Gasteiger partial charge in [0.05, 0.1) is 17.6 Å². The molecule has 0 fully saturated rings. The summed E-state index contributed by atoms with van der Waals surface area (Å²) < 4.78 is 6.37. The number of para-hydroxylation sites is 1. The second-order valence-electron chi connectivity index (χ2n) is 8.87. The highest BCUT2D eigenvalue weighted by Crippen LogP contribution is 2.53. The molecule has 4 rings (SSSR count). The topological polar surface area (TPSA) is 25.4 Å². The summed E-state index contributed by atoms with van der Waals surface area (Å²) in [5.74, 6) is 1.80. The Morgan fingerprint density at radius 1 is 0.786 bits per heavy atom. The Labute approximate surface area is 168 Å². The Balaban J connectivity index is 2.02. The Kier molecular flexibility index (Phi) is 4.22. The lowest BCUT2D eigenvalue weighted by Gasteiger charge is -2.36. The number of benzene rings is 2. The minimum absolute atomic E-state index is 0.115. The van der Waals surface area contributed by atoms with E-state index in [0.29, 0.717) is 0 Å². The second-order valence-corrected chi connectivity index (χ2v) is 8.87. The fourth-order valence-corrected chi connectivity index (χ4v) is 3.99. The largest absolute Gasteiger partial charge is 0.452 e. The summed E-state index contributed by atoms with van der Waals surface area (Å²) in [6.45, 7) is 15.3. The van der Waals surface area contributed by atoms with Gasteiger partial charge in [0.1, 0.15) is 5.69 Å². The van der Waals surface area contributed by atoms with Gasteiger partial charge in [-0.25, -0.2) is 0 Å².